The molecule has 1 heterocycles. The number of aryl methyl sites for hydroxylation is 5. The minimum absolute atomic E-state index is 0. The fraction of sp³-hybridized carbons (Fsp3) is 0.269. The van der Waals surface area contributed by atoms with Crippen LogP contribution in [0.1, 0.15) is 53.1 Å². The molecule has 0 saturated heterocycles. The predicted molar refractivity (Wildman–Crippen MR) is 125 cm³/mol. The Morgan fingerprint density at radius 1 is 0.606 bits per heavy atom. The maximum atomic E-state index is 4.90. The van der Waals surface area contributed by atoms with E-state index < -0.39 is 0 Å². The van der Waals surface area contributed by atoms with Crippen molar-refractivity contribution < 1.29 is 55.8 Å². The molecule has 33 heavy (non-hydrogen) atoms. The summed E-state index contributed by atoms with van der Waals surface area (Å²) in [6.45, 7) is 14.5. The van der Waals surface area contributed by atoms with E-state index in [1.807, 2.05) is 13.8 Å². The van der Waals surface area contributed by atoms with Gasteiger partial charge in [0.15, 0.2) is 0 Å². The molecule has 3 nitrogen and oxygen atoms in total. The first-order valence-corrected chi connectivity index (χ1v) is 9.98. The molecule has 0 aliphatic carbocycles. The summed E-state index contributed by atoms with van der Waals surface area (Å²) >= 11 is 0. The molecule has 0 N–H and O–H groups in total. The molecule has 3 rings (SSSR count). The summed E-state index contributed by atoms with van der Waals surface area (Å²) in [6.07, 6.45) is 0. The van der Waals surface area contributed by atoms with Crippen LogP contribution in [0.5, 0.6) is 0 Å². The van der Waals surface area contributed by atoms with Gasteiger partial charge in [-0.05, 0) is 88.4 Å². The first kappa shape index (κ1) is 33.6. The van der Waals surface area contributed by atoms with Gasteiger partial charge >= 0.3 is 0 Å². The molecular weight excluding hydrogens is 512 g/mol. The minimum Gasteiger partial charge on any atom is -1.00 e. The molecule has 7 heteroatoms. The van der Waals surface area contributed by atoms with E-state index in [9.17, 15) is 0 Å². The summed E-state index contributed by atoms with van der Waals surface area (Å²) in [4.78, 5) is 14.7. The van der Waals surface area contributed by atoms with Crippen molar-refractivity contribution in [1.29, 1.82) is 0 Å². The maximum Gasteiger partial charge on any atom is 0.0852 e. The van der Waals surface area contributed by atoms with Crippen LogP contribution in [-0.2, 0) is 18.6 Å². The van der Waals surface area contributed by atoms with Crippen LogP contribution in [0.3, 0.4) is 0 Å². The van der Waals surface area contributed by atoms with Crippen LogP contribution < -0.4 is 37.2 Å². The fourth-order valence-electron chi connectivity index (χ4n) is 3.45. The topological polar surface area (TPSA) is 37.6 Å². The molecule has 0 fully saturated rings. The number of pyridine rings is 1. The largest absolute Gasteiger partial charge is 1.00 e. The quantitative estimate of drug-likeness (QED) is 0.350. The molecule has 0 amide bonds. The van der Waals surface area contributed by atoms with Gasteiger partial charge in [0.05, 0.1) is 34.2 Å². The number of para-hydroxylation sites is 2. The first-order valence-electron chi connectivity index (χ1n) is 9.98. The number of aromatic nitrogens is 1. The van der Waals surface area contributed by atoms with Crippen LogP contribution in [0.4, 0.5) is 11.4 Å². The molecular formula is C26H29Cl3N3V-3. The standard InChI is InChI=1S/C26H29N3.3ClH.V/c1-16-14-23(21(6)27-25-17(2)10-8-11-18(25)3)29-24(15-16)22(7)28-26-19(4)12-9-13-20(26)5;;;;/h8-15H,1-7H3;3*1H;/p-3. The van der Waals surface area contributed by atoms with Crippen molar-refractivity contribution in [2.75, 3.05) is 0 Å². The van der Waals surface area contributed by atoms with E-state index in [2.05, 4.69) is 83.1 Å². The number of benzene rings is 2. The molecule has 0 bridgehead atoms. The second-order valence-electron chi connectivity index (χ2n) is 7.79. The van der Waals surface area contributed by atoms with Gasteiger partial charge in [-0.1, -0.05) is 36.4 Å². The SMILES string of the molecule is CC(=Nc1c(C)cccc1C)c1cc(C)cc(C(C)=Nc2c(C)cccc2C)n1.[Cl-].[Cl-].[Cl-].[V]. The third kappa shape index (κ3) is 8.28. The average molecular weight is 541 g/mol. The number of rotatable bonds is 4. The van der Waals surface area contributed by atoms with Crippen molar-refractivity contribution in [2.24, 2.45) is 9.98 Å². The van der Waals surface area contributed by atoms with Crippen LogP contribution in [0.2, 0.25) is 0 Å². The number of aliphatic imine (C=N–C) groups is 2. The number of hydrogen-bond acceptors (Lipinski definition) is 3. The normalized spacial score (nSPS) is 10.9. The van der Waals surface area contributed by atoms with Crippen LogP contribution in [-0.4, -0.2) is 16.4 Å². The van der Waals surface area contributed by atoms with Gasteiger partial charge in [-0.2, -0.15) is 0 Å². The second-order valence-corrected chi connectivity index (χ2v) is 7.79. The molecule has 0 spiro atoms. The fourth-order valence-corrected chi connectivity index (χ4v) is 3.45. The third-order valence-corrected chi connectivity index (χ3v) is 5.15. The molecule has 0 aliphatic rings. The molecule has 0 atom stereocenters. The summed E-state index contributed by atoms with van der Waals surface area (Å²) in [5.74, 6) is 0. The summed E-state index contributed by atoms with van der Waals surface area (Å²) in [6, 6.07) is 16.7. The van der Waals surface area contributed by atoms with Gasteiger partial charge < -0.3 is 37.2 Å². The van der Waals surface area contributed by atoms with Crippen molar-refractivity contribution in [2.45, 2.75) is 48.5 Å². The van der Waals surface area contributed by atoms with E-state index >= 15 is 0 Å². The first-order chi connectivity index (χ1) is 13.8. The molecule has 0 unspecified atom stereocenters. The Bertz CT molecular complexity index is 1020. The van der Waals surface area contributed by atoms with E-state index in [-0.39, 0.29) is 55.8 Å². The zero-order valence-electron chi connectivity index (χ0n) is 20.0. The minimum atomic E-state index is 0. The second kappa shape index (κ2) is 14.6. The van der Waals surface area contributed by atoms with Crippen LogP contribution >= 0.6 is 0 Å². The summed E-state index contributed by atoms with van der Waals surface area (Å²) < 4.78 is 0. The Morgan fingerprint density at radius 2 is 0.909 bits per heavy atom. The van der Waals surface area contributed by atoms with E-state index in [0.717, 1.165) is 39.7 Å². The third-order valence-electron chi connectivity index (χ3n) is 5.15. The molecule has 177 valence electrons. The van der Waals surface area contributed by atoms with Gasteiger partial charge in [-0.15, -0.1) is 0 Å². The van der Waals surface area contributed by atoms with Crippen LogP contribution in [0.15, 0.2) is 58.5 Å². The molecule has 1 radical (unpaired) electrons. The van der Waals surface area contributed by atoms with Crippen molar-refractivity contribution in [3.63, 3.8) is 0 Å². The van der Waals surface area contributed by atoms with E-state index in [4.69, 9.17) is 15.0 Å². The van der Waals surface area contributed by atoms with Crippen LogP contribution in [0, 0.1) is 34.6 Å². The summed E-state index contributed by atoms with van der Waals surface area (Å²) in [5, 5.41) is 0. The van der Waals surface area contributed by atoms with E-state index in [1.54, 1.807) is 0 Å². The molecule has 2 aromatic carbocycles. The Balaban J connectivity index is 0. The Hall–Kier alpha value is -1.62. The van der Waals surface area contributed by atoms with Crippen LogP contribution in [0.25, 0.3) is 0 Å². The average Bonchev–Trinajstić information content (AvgIpc) is 2.67. The van der Waals surface area contributed by atoms with Gasteiger partial charge in [0.1, 0.15) is 0 Å². The zero-order valence-corrected chi connectivity index (χ0v) is 23.7. The van der Waals surface area contributed by atoms with Gasteiger partial charge in [-0.25, -0.2) is 4.98 Å². The number of hydrogen-bond donors (Lipinski definition) is 0. The van der Waals surface area contributed by atoms with Crippen molar-refractivity contribution in [1.82, 2.24) is 4.98 Å². The number of halogens is 3. The molecule has 0 aliphatic heterocycles. The van der Waals surface area contributed by atoms with E-state index in [0.29, 0.717) is 0 Å². The van der Waals surface area contributed by atoms with Crippen molar-refractivity contribution in [3.05, 3.63) is 87.7 Å². The Labute approximate surface area is 228 Å². The summed E-state index contributed by atoms with van der Waals surface area (Å²) in [5.41, 5.74) is 11.5. The smallest absolute Gasteiger partial charge is 0.0852 e. The molecule has 0 saturated carbocycles. The van der Waals surface area contributed by atoms with Gasteiger partial charge in [-0.3, -0.25) is 9.98 Å². The Kier molecular flexibility index (Phi) is 14.9. The monoisotopic (exact) mass is 539 g/mol. The zero-order chi connectivity index (χ0) is 21.1. The molecule has 1 aromatic heterocycles. The predicted octanol–water partition coefficient (Wildman–Crippen LogP) is -2.09. The van der Waals surface area contributed by atoms with Gasteiger partial charge in [0.25, 0.3) is 0 Å². The van der Waals surface area contributed by atoms with Crippen molar-refractivity contribution in [3.8, 4) is 0 Å². The van der Waals surface area contributed by atoms with Gasteiger partial charge in [0, 0.05) is 18.6 Å². The molecule has 3 aromatic rings. The Morgan fingerprint density at radius 3 is 1.21 bits per heavy atom. The van der Waals surface area contributed by atoms with E-state index in [1.165, 1.54) is 22.3 Å². The van der Waals surface area contributed by atoms with Gasteiger partial charge in [0.2, 0.25) is 0 Å². The summed E-state index contributed by atoms with van der Waals surface area (Å²) in [7, 11) is 0. The number of nitrogens with zero attached hydrogens (tertiary/aromatic N) is 3. The maximum absolute atomic E-state index is 4.90. The van der Waals surface area contributed by atoms with Crippen molar-refractivity contribution >= 4 is 22.8 Å².